The molecule has 32 heavy (non-hydrogen) atoms. The zero-order chi connectivity index (χ0) is 22.7. The van der Waals surface area contributed by atoms with Gasteiger partial charge in [0, 0.05) is 28.6 Å². The van der Waals surface area contributed by atoms with E-state index in [1.54, 1.807) is 34.4 Å². The van der Waals surface area contributed by atoms with E-state index < -0.39 is 0 Å². The van der Waals surface area contributed by atoms with Gasteiger partial charge in [0.15, 0.2) is 0 Å². The molecule has 0 bridgehead atoms. The van der Waals surface area contributed by atoms with E-state index in [1.807, 2.05) is 48.2 Å². The largest absolute Gasteiger partial charge is 0.330 e. The monoisotopic (exact) mass is 464 g/mol. The van der Waals surface area contributed by atoms with Crippen LogP contribution in [0.3, 0.4) is 0 Å². The predicted molar refractivity (Wildman–Crippen MR) is 130 cm³/mol. The topological polar surface area (TPSA) is 40.6 Å². The molecule has 0 fully saturated rings. The van der Waals surface area contributed by atoms with Crippen LogP contribution >= 0.6 is 22.9 Å². The van der Waals surface area contributed by atoms with Gasteiger partial charge < -0.3 is 9.80 Å². The number of hydrogen-bond donors (Lipinski definition) is 0. The highest BCUT2D eigenvalue weighted by atomic mass is 35.5. The fourth-order valence-electron chi connectivity index (χ4n) is 4.10. The average molecular weight is 465 g/mol. The summed E-state index contributed by atoms with van der Waals surface area (Å²) in [7, 11) is 0. The molecule has 0 saturated heterocycles. The second-order valence-corrected chi connectivity index (χ2v) is 9.37. The molecule has 1 aliphatic rings. The van der Waals surface area contributed by atoms with Crippen LogP contribution in [-0.2, 0) is 11.2 Å². The van der Waals surface area contributed by atoms with Crippen molar-refractivity contribution in [1.82, 2.24) is 9.80 Å². The van der Waals surface area contributed by atoms with E-state index in [4.69, 9.17) is 11.6 Å². The van der Waals surface area contributed by atoms with Gasteiger partial charge in [0.1, 0.15) is 6.54 Å². The number of aryl methyl sites for hydroxylation is 1. The molecule has 1 atom stereocenters. The van der Waals surface area contributed by atoms with Crippen molar-refractivity contribution in [2.45, 2.75) is 19.4 Å². The lowest BCUT2D eigenvalue weighted by atomic mass is 9.93. The van der Waals surface area contributed by atoms with Crippen molar-refractivity contribution < 1.29 is 9.59 Å². The van der Waals surface area contributed by atoms with Gasteiger partial charge in [-0.2, -0.15) is 0 Å². The molecule has 1 unspecified atom stereocenters. The number of fused-ring (bicyclic) bond motifs is 1. The number of carbonyl (C=O) groups excluding carboxylic acids is 2. The van der Waals surface area contributed by atoms with Crippen LogP contribution in [0.15, 0.2) is 72.6 Å². The molecule has 164 valence electrons. The fraction of sp³-hybridized carbons (Fsp3) is 0.231. The number of amides is 2. The average Bonchev–Trinajstić information content (AvgIpc) is 3.28. The second kappa shape index (κ2) is 9.72. The van der Waals surface area contributed by atoms with E-state index >= 15 is 0 Å². The standard InChI is InChI=1S/C26H25ClN2O2S/c1-3-14-28(26(31)20-6-4-18(2)5-7-20)17-24(30)29-15-12-23-22(13-16-32-23)25(29)19-8-10-21(27)11-9-19/h3-11,13,16,25H,1,12,14-15,17H2,2H3. The highest BCUT2D eigenvalue weighted by Gasteiger charge is 2.34. The Hall–Kier alpha value is -2.89. The van der Waals surface area contributed by atoms with Crippen molar-refractivity contribution in [2.24, 2.45) is 0 Å². The number of nitrogens with zero attached hydrogens (tertiary/aromatic N) is 2. The molecule has 2 heterocycles. The van der Waals surface area contributed by atoms with Crippen molar-refractivity contribution >= 4 is 34.8 Å². The molecular weight excluding hydrogens is 440 g/mol. The summed E-state index contributed by atoms with van der Waals surface area (Å²) >= 11 is 7.83. The van der Waals surface area contributed by atoms with Crippen LogP contribution in [0.2, 0.25) is 5.02 Å². The Morgan fingerprint density at radius 2 is 1.88 bits per heavy atom. The number of hydrogen-bond acceptors (Lipinski definition) is 3. The Morgan fingerprint density at radius 3 is 2.56 bits per heavy atom. The number of rotatable bonds is 6. The van der Waals surface area contributed by atoms with Crippen LogP contribution in [0.25, 0.3) is 0 Å². The second-order valence-electron chi connectivity index (χ2n) is 7.93. The smallest absolute Gasteiger partial charge is 0.254 e. The highest BCUT2D eigenvalue weighted by molar-refractivity contribution is 7.10. The van der Waals surface area contributed by atoms with Gasteiger partial charge in [-0.25, -0.2) is 0 Å². The zero-order valence-corrected chi connectivity index (χ0v) is 19.5. The summed E-state index contributed by atoms with van der Waals surface area (Å²) in [4.78, 5) is 31.4. The highest BCUT2D eigenvalue weighted by Crippen LogP contribution is 2.38. The number of carbonyl (C=O) groups is 2. The minimum atomic E-state index is -0.185. The first kappa shape index (κ1) is 22.3. The van der Waals surface area contributed by atoms with Crippen LogP contribution in [0.5, 0.6) is 0 Å². The van der Waals surface area contributed by atoms with Crippen LogP contribution in [0.1, 0.15) is 38.0 Å². The minimum Gasteiger partial charge on any atom is -0.330 e. The van der Waals surface area contributed by atoms with E-state index in [2.05, 4.69) is 18.0 Å². The van der Waals surface area contributed by atoms with Crippen LogP contribution in [-0.4, -0.2) is 41.2 Å². The third-order valence-corrected chi connectivity index (χ3v) is 6.98. The Balaban J connectivity index is 1.60. The first-order valence-electron chi connectivity index (χ1n) is 10.6. The van der Waals surface area contributed by atoms with Crippen LogP contribution in [0.4, 0.5) is 0 Å². The van der Waals surface area contributed by atoms with Crippen molar-refractivity contribution in [1.29, 1.82) is 0 Å². The molecule has 0 spiro atoms. The summed E-state index contributed by atoms with van der Waals surface area (Å²) in [6, 6.07) is 17.0. The molecule has 4 rings (SSSR count). The van der Waals surface area contributed by atoms with Crippen LogP contribution in [0, 0.1) is 6.92 Å². The maximum Gasteiger partial charge on any atom is 0.254 e. The fourth-order valence-corrected chi connectivity index (χ4v) is 5.13. The molecule has 0 radical (unpaired) electrons. The molecule has 4 nitrogen and oxygen atoms in total. The van der Waals surface area contributed by atoms with E-state index in [0.717, 1.165) is 23.1 Å². The van der Waals surface area contributed by atoms with E-state index in [9.17, 15) is 9.59 Å². The van der Waals surface area contributed by atoms with Crippen molar-refractivity contribution in [2.75, 3.05) is 19.6 Å². The molecule has 2 aromatic carbocycles. The van der Waals surface area contributed by atoms with Gasteiger partial charge in [0.05, 0.1) is 6.04 Å². The molecule has 0 N–H and O–H groups in total. The minimum absolute atomic E-state index is 0.00227. The van der Waals surface area contributed by atoms with E-state index in [0.29, 0.717) is 23.7 Å². The van der Waals surface area contributed by atoms with Crippen molar-refractivity contribution in [3.05, 3.63) is 105 Å². The summed E-state index contributed by atoms with van der Waals surface area (Å²) in [5, 5.41) is 2.74. The molecular formula is C26H25ClN2O2S. The SMILES string of the molecule is C=CCN(CC(=O)N1CCc2sccc2C1c1ccc(Cl)cc1)C(=O)c1ccc(C)cc1. The molecule has 1 aromatic heterocycles. The molecule has 3 aromatic rings. The summed E-state index contributed by atoms with van der Waals surface area (Å²) in [5.74, 6) is -0.251. The normalized spacial score (nSPS) is 15.2. The maximum atomic E-state index is 13.5. The Labute approximate surface area is 197 Å². The van der Waals surface area contributed by atoms with Gasteiger partial charge in [-0.1, -0.05) is 47.5 Å². The lowest BCUT2D eigenvalue weighted by Gasteiger charge is -2.37. The zero-order valence-electron chi connectivity index (χ0n) is 18.0. The molecule has 1 aliphatic heterocycles. The summed E-state index contributed by atoms with van der Waals surface area (Å²) in [6.07, 6.45) is 2.47. The lowest BCUT2D eigenvalue weighted by molar-refractivity contribution is -0.133. The molecule has 2 amide bonds. The maximum absolute atomic E-state index is 13.5. The summed E-state index contributed by atoms with van der Waals surface area (Å²) in [6.45, 7) is 6.67. The van der Waals surface area contributed by atoms with E-state index in [1.165, 1.54) is 4.88 Å². The predicted octanol–water partition coefficient (Wildman–Crippen LogP) is 5.51. The Morgan fingerprint density at radius 1 is 1.16 bits per heavy atom. The Bertz CT molecular complexity index is 1120. The van der Waals surface area contributed by atoms with Crippen LogP contribution < -0.4 is 0 Å². The van der Waals surface area contributed by atoms with Gasteiger partial charge in [-0.3, -0.25) is 9.59 Å². The van der Waals surface area contributed by atoms with E-state index in [-0.39, 0.29) is 24.4 Å². The number of thiophene rings is 1. The van der Waals surface area contributed by atoms with Gasteiger partial charge in [0.2, 0.25) is 5.91 Å². The molecule has 0 aliphatic carbocycles. The summed E-state index contributed by atoms with van der Waals surface area (Å²) < 4.78 is 0. The number of benzene rings is 2. The third-order valence-electron chi connectivity index (χ3n) is 5.73. The van der Waals surface area contributed by atoms with Gasteiger partial charge >= 0.3 is 0 Å². The first-order chi connectivity index (χ1) is 15.5. The van der Waals surface area contributed by atoms with Gasteiger partial charge in [-0.05, 0) is 60.2 Å². The molecule has 0 saturated carbocycles. The van der Waals surface area contributed by atoms with Gasteiger partial charge in [-0.15, -0.1) is 17.9 Å². The summed E-state index contributed by atoms with van der Waals surface area (Å²) in [5.41, 5.74) is 3.82. The lowest BCUT2D eigenvalue weighted by Crippen LogP contribution is -2.46. The quantitative estimate of drug-likeness (QED) is 0.451. The van der Waals surface area contributed by atoms with Gasteiger partial charge in [0.25, 0.3) is 5.91 Å². The molecule has 6 heteroatoms. The number of halogens is 1. The Kier molecular flexibility index (Phi) is 6.77. The third kappa shape index (κ3) is 4.64. The van der Waals surface area contributed by atoms with Crippen molar-refractivity contribution in [3.8, 4) is 0 Å². The van der Waals surface area contributed by atoms with Crippen molar-refractivity contribution in [3.63, 3.8) is 0 Å². The first-order valence-corrected chi connectivity index (χ1v) is 11.8.